The summed E-state index contributed by atoms with van der Waals surface area (Å²) in [6.07, 6.45) is 0.629. The van der Waals surface area contributed by atoms with Crippen LogP contribution in [0.15, 0.2) is 18.2 Å². The summed E-state index contributed by atoms with van der Waals surface area (Å²) < 4.78 is 10.6. The Morgan fingerprint density at radius 1 is 1.28 bits per heavy atom. The summed E-state index contributed by atoms with van der Waals surface area (Å²) in [6, 6.07) is 5.75. The van der Waals surface area contributed by atoms with Gasteiger partial charge in [0, 0.05) is 23.8 Å². The molecule has 0 amide bonds. The van der Waals surface area contributed by atoms with Gasteiger partial charge < -0.3 is 19.9 Å². The Labute approximate surface area is 109 Å². The van der Waals surface area contributed by atoms with Crippen molar-refractivity contribution in [3.05, 3.63) is 23.8 Å². The van der Waals surface area contributed by atoms with E-state index in [0.29, 0.717) is 6.42 Å². The minimum Gasteiger partial charge on any atom is -0.497 e. The van der Waals surface area contributed by atoms with E-state index in [1.165, 1.54) is 0 Å². The molecule has 0 aliphatic heterocycles. The van der Waals surface area contributed by atoms with Crippen LogP contribution in [0.3, 0.4) is 0 Å². The summed E-state index contributed by atoms with van der Waals surface area (Å²) in [5.41, 5.74) is 0.725. The number of rotatable bonds is 7. The van der Waals surface area contributed by atoms with Crippen LogP contribution in [0.5, 0.6) is 11.5 Å². The molecule has 18 heavy (non-hydrogen) atoms. The van der Waals surface area contributed by atoms with Gasteiger partial charge in [0.05, 0.1) is 14.2 Å². The average molecular weight is 253 g/mol. The van der Waals surface area contributed by atoms with Crippen molar-refractivity contribution < 1.29 is 14.6 Å². The zero-order valence-electron chi connectivity index (χ0n) is 11.6. The van der Waals surface area contributed by atoms with Crippen LogP contribution >= 0.6 is 0 Å². The fourth-order valence-corrected chi connectivity index (χ4v) is 2.19. The van der Waals surface area contributed by atoms with Crippen LogP contribution in [0.2, 0.25) is 0 Å². The number of nitrogens with one attached hydrogen (secondary N) is 1. The Bertz CT molecular complexity index is 373. The minimum absolute atomic E-state index is 0.124. The van der Waals surface area contributed by atoms with E-state index in [2.05, 4.69) is 12.2 Å². The van der Waals surface area contributed by atoms with Gasteiger partial charge >= 0.3 is 0 Å². The summed E-state index contributed by atoms with van der Waals surface area (Å²) in [5.74, 6) is 1.53. The first-order chi connectivity index (χ1) is 8.61. The fraction of sp³-hybridized carbons (Fsp3) is 0.571. The molecule has 1 rings (SSSR count). The maximum Gasteiger partial charge on any atom is 0.127 e. The van der Waals surface area contributed by atoms with Crippen LogP contribution in [0.4, 0.5) is 0 Å². The van der Waals surface area contributed by atoms with Crippen molar-refractivity contribution in [3.63, 3.8) is 0 Å². The SMILES string of the molecule is CCNC(C)(CCO)c1ccc(OC)cc1OC. The predicted octanol–water partition coefficient (Wildman–Crippen LogP) is 1.91. The van der Waals surface area contributed by atoms with Crippen LogP contribution in [0, 0.1) is 0 Å². The van der Waals surface area contributed by atoms with Gasteiger partial charge in [-0.3, -0.25) is 0 Å². The summed E-state index contributed by atoms with van der Waals surface area (Å²) in [4.78, 5) is 0. The molecule has 102 valence electrons. The fourth-order valence-electron chi connectivity index (χ4n) is 2.19. The number of methoxy groups -OCH3 is 2. The van der Waals surface area contributed by atoms with Gasteiger partial charge in [0.25, 0.3) is 0 Å². The Morgan fingerprint density at radius 3 is 2.50 bits per heavy atom. The van der Waals surface area contributed by atoms with Crippen molar-refractivity contribution >= 4 is 0 Å². The largest absolute Gasteiger partial charge is 0.497 e. The van der Waals surface area contributed by atoms with E-state index >= 15 is 0 Å². The van der Waals surface area contributed by atoms with Gasteiger partial charge in [-0.05, 0) is 32.0 Å². The summed E-state index contributed by atoms with van der Waals surface area (Å²) in [6.45, 7) is 5.06. The van der Waals surface area contributed by atoms with Gasteiger partial charge in [-0.1, -0.05) is 6.92 Å². The molecule has 0 saturated heterocycles. The highest BCUT2D eigenvalue weighted by molar-refractivity contribution is 5.44. The smallest absolute Gasteiger partial charge is 0.127 e. The number of ether oxygens (including phenoxy) is 2. The molecule has 0 saturated carbocycles. The summed E-state index contributed by atoms with van der Waals surface area (Å²) in [5, 5.41) is 12.7. The van der Waals surface area contributed by atoms with Gasteiger partial charge in [0.15, 0.2) is 0 Å². The molecular formula is C14H23NO3. The normalized spacial score (nSPS) is 14.1. The Balaban J connectivity index is 3.18. The lowest BCUT2D eigenvalue weighted by Crippen LogP contribution is -2.40. The molecule has 0 fully saturated rings. The van der Waals surface area contributed by atoms with Crippen molar-refractivity contribution in [1.29, 1.82) is 0 Å². The Kier molecular flexibility index (Phi) is 5.44. The molecule has 0 aliphatic carbocycles. The van der Waals surface area contributed by atoms with Gasteiger partial charge in [0.2, 0.25) is 0 Å². The number of hydrogen-bond acceptors (Lipinski definition) is 4. The first kappa shape index (κ1) is 14.8. The van der Waals surface area contributed by atoms with E-state index in [1.807, 2.05) is 25.1 Å². The molecular weight excluding hydrogens is 230 g/mol. The Morgan fingerprint density at radius 2 is 2.00 bits per heavy atom. The molecule has 1 atom stereocenters. The highest BCUT2D eigenvalue weighted by Gasteiger charge is 2.28. The number of aliphatic hydroxyl groups is 1. The highest BCUT2D eigenvalue weighted by Crippen LogP contribution is 2.34. The van der Waals surface area contributed by atoms with E-state index in [0.717, 1.165) is 23.6 Å². The van der Waals surface area contributed by atoms with E-state index in [1.54, 1.807) is 14.2 Å². The Hall–Kier alpha value is -1.26. The average Bonchev–Trinajstić information content (AvgIpc) is 2.38. The predicted molar refractivity (Wildman–Crippen MR) is 72.3 cm³/mol. The molecule has 0 aromatic heterocycles. The monoisotopic (exact) mass is 253 g/mol. The zero-order valence-corrected chi connectivity index (χ0v) is 11.6. The molecule has 0 heterocycles. The standard InChI is InChI=1S/C14H23NO3/c1-5-15-14(2,8-9-16)12-7-6-11(17-3)10-13(12)18-4/h6-7,10,15-16H,5,8-9H2,1-4H3. The van der Waals surface area contributed by atoms with Gasteiger partial charge in [-0.15, -0.1) is 0 Å². The topological polar surface area (TPSA) is 50.7 Å². The third kappa shape index (κ3) is 3.15. The third-order valence-corrected chi connectivity index (χ3v) is 3.18. The molecule has 1 aromatic carbocycles. The molecule has 2 N–H and O–H groups in total. The zero-order chi connectivity index (χ0) is 13.6. The first-order valence-corrected chi connectivity index (χ1v) is 6.19. The highest BCUT2D eigenvalue weighted by atomic mass is 16.5. The minimum atomic E-state index is -0.304. The van der Waals surface area contributed by atoms with Gasteiger partial charge in [-0.2, -0.15) is 0 Å². The van der Waals surface area contributed by atoms with E-state index in [9.17, 15) is 5.11 Å². The lowest BCUT2D eigenvalue weighted by atomic mass is 9.88. The molecule has 0 aliphatic rings. The second kappa shape index (κ2) is 6.61. The molecule has 1 unspecified atom stereocenters. The maximum atomic E-state index is 9.25. The van der Waals surface area contributed by atoms with Crippen molar-refractivity contribution in [3.8, 4) is 11.5 Å². The van der Waals surface area contributed by atoms with Crippen molar-refractivity contribution in [1.82, 2.24) is 5.32 Å². The second-order valence-corrected chi connectivity index (χ2v) is 4.40. The molecule has 0 radical (unpaired) electrons. The number of hydrogen-bond donors (Lipinski definition) is 2. The van der Waals surface area contributed by atoms with Crippen LogP contribution in [0.25, 0.3) is 0 Å². The van der Waals surface area contributed by atoms with E-state index in [-0.39, 0.29) is 12.1 Å². The lowest BCUT2D eigenvalue weighted by Gasteiger charge is -2.32. The van der Waals surface area contributed by atoms with Crippen LogP contribution in [-0.4, -0.2) is 32.5 Å². The molecule has 4 nitrogen and oxygen atoms in total. The van der Waals surface area contributed by atoms with E-state index in [4.69, 9.17) is 9.47 Å². The van der Waals surface area contributed by atoms with Crippen molar-refractivity contribution in [2.75, 3.05) is 27.4 Å². The molecule has 0 bridgehead atoms. The molecule has 1 aromatic rings. The number of benzene rings is 1. The molecule has 0 spiro atoms. The molecule has 4 heteroatoms. The van der Waals surface area contributed by atoms with Crippen LogP contribution in [0.1, 0.15) is 25.8 Å². The van der Waals surface area contributed by atoms with E-state index < -0.39 is 0 Å². The summed E-state index contributed by atoms with van der Waals surface area (Å²) >= 11 is 0. The lowest BCUT2D eigenvalue weighted by molar-refractivity contribution is 0.219. The van der Waals surface area contributed by atoms with Crippen molar-refractivity contribution in [2.45, 2.75) is 25.8 Å². The van der Waals surface area contributed by atoms with Gasteiger partial charge in [-0.25, -0.2) is 0 Å². The maximum absolute atomic E-state index is 9.25. The summed E-state index contributed by atoms with van der Waals surface area (Å²) in [7, 11) is 3.27. The van der Waals surface area contributed by atoms with Crippen LogP contribution < -0.4 is 14.8 Å². The second-order valence-electron chi connectivity index (χ2n) is 4.40. The quantitative estimate of drug-likeness (QED) is 0.779. The van der Waals surface area contributed by atoms with Crippen molar-refractivity contribution in [2.24, 2.45) is 0 Å². The third-order valence-electron chi connectivity index (χ3n) is 3.18. The number of aliphatic hydroxyl groups excluding tert-OH is 1. The van der Waals surface area contributed by atoms with Gasteiger partial charge in [0.1, 0.15) is 11.5 Å². The first-order valence-electron chi connectivity index (χ1n) is 6.19. The van der Waals surface area contributed by atoms with Crippen LogP contribution in [-0.2, 0) is 5.54 Å².